The number of carbonyl (C=O) groups is 3. The Bertz CT molecular complexity index is 1340. The Hall–Kier alpha value is -3.63. The normalized spacial score (nSPS) is 18.0. The molecule has 1 fully saturated rings. The number of phenolic OH excluding ortho intramolecular Hbond substituents is 1. The average molecular weight is 650 g/mol. The van der Waals surface area contributed by atoms with Gasteiger partial charge in [0.2, 0.25) is 11.8 Å². The van der Waals surface area contributed by atoms with Crippen LogP contribution in [0.4, 0.5) is 4.79 Å². The van der Waals surface area contributed by atoms with Crippen LogP contribution in [-0.4, -0.2) is 69.5 Å². The number of amides is 3. The third-order valence-corrected chi connectivity index (χ3v) is 10.4. The number of hydrogen-bond acceptors (Lipinski definition) is 7. The van der Waals surface area contributed by atoms with Gasteiger partial charge in [-0.05, 0) is 54.5 Å². The van der Waals surface area contributed by atoms with Gasteiger partial charge in [-0.25, -0.2) is 4.79 Å². The predicted octanol–water partition coefficient (Wildman–Crippen LogP) is 6.21. The lowest BCUT2D eigenvalue weighted by Gasteiger charge is -2.37. The van der Waals surface area contributed by atoms with Crippen molar-refractivity contribution in [3.63, 3.8) is 0 Å². The molecule has 0 bridgehead atoms. The highest BCUT2D eigenvalue weighted by atomic mass is 33.1. The molecule has 3 aromatic rings. The second kappa shape index (κ2) is 18.4. The summed E-state index contributed by atoms with van der Waals surface area (Å²) in [6.07, 6.45) is 4.07. The molecule has 8 nitrogen and oxygen atoms in total. The quantitative estimate of drug-likeness (QED) is 0.279. The summed E-state index contributed by atoms with van der Waals surface area (Å²) in [6, 6.07) is 23.8. The number of hydrogen-bond donors (Lipinski definition) is 2. The fourth-order valence-electron chi connectivity index (χ4n) is 5.36. The molecule has 4 rings (SSSR count). The first-order valence-corrected chi connectivity index (χ1v) is 18.0. The van der Waals surface area contributed by atoms with Gasteiger partial charge in [0.1, 0.15) is 24.4 Å². The molecule has 45 heavy (non-hydrogen) atoms. The van der Waals surface area contributed by atoms with Crippen molar-refractivity contribution in [3.8, 4) is 5.75 Å². The molecule has 10 heteroatoms. The first-order chi connectivity index (χ1) is 21.9. The van der Waals surface area contributed by atoms with E-state index in [-0.39, 0.29) is 31.1 Å². The molecule has 0 spiro atoms. The molecule has 3 aromatic carbocycles. The highest BCUT2D eigenvalue weighted by molar-refractivity contribution is 8.76. The molecule has 3 N–H and O–H groups in total. The molecule has 1 heterocycles. The van der Waals surface area contributed by atoms with E-state index in [1.54, 1.807) is 29.2 Å². The summed E-state index contributed by atoms with van der Waals surface area (Å²) >= 11 is 0. The zero-order valence-corrected chi connectivity index (χ0v) is 27.2. The Labute approximate surface area is 274 Å². The van der Waals surface area contributed by atoms with E-state index in [0.29, 0.717) is 25.9 Å². The zero-order chi connectivity index (χ0) is 31.9. The lowest BCUT2D eigenvalue weighted by atomic mass is 9.99. The minimum Gasteiger partial charge on any atom is -0.508 e. The van der Waals surface area contributed by atoms with Crippen LogP contribution in [0.2, 0.25) is 0 Å². The smallest absolute Gasteiger partial charge is 0.410 e. The van der Waals surface area contributed by atoms with Crippen LogP contribution in [0.5, 0.6) is 5.75 Å². The van der Waals surface area contributed by atoms with Crippen molar-refractivity contribution in [1.29, 1.82) is 0 Å². The van der Waals surface area contributed by atoms with Gasteiger partial charge in [0.25, 0.3) is 0 Å². The Kier molecular flexibility index (Phi) is 14.0. The van der Waals surface area contributed by atoms with Gasteiger partial charge in [0.15, 0.2) is 0 Å². The predicted molar refractivity (Wildman–Crippen MR) is 182 cm³/mol. The van der Waals surface area contributed by atoms with Gasteiger partial charge in [-0.1, -0.05) is 101 Å². The molecule has 0 aliphatic carbocycles. The Morgan fingerprint density at radius 3 is 2.04 bits per heavy atom. The summed E-state index contributed by atoms with van der Waals surface area (Å²) in [5, 5.41) is 9.92. The van der Waals surface area contributed by atoms with Crippen molar-refractivity contribution in [2.24, 2.45) is 5.73 Å². The maximum Gasteiger partial charge on any atom is 0.410 e. The van der Waals surface area contributed by atoms with E-state index in [9.17, 15) is 19.5 Å². The standard InChI is InChI=1S/C35H43N3O5S2/c36-33(40)31(24-27-12-4-1-5-13-27)37-20-8-3-10-22-44-45-23-11-9-21-38(35(42)43-26-29-14-6-2-7-15-29)32(34(37)41)25-28-16-18-30(39)19-17-28/h1-2,4-7,12-19,31-32,39H,3,8-11,20-26H2,(H2,36,40). The van der Waals surface area contributed by atoms with Gasteiger partial charge >= 0.3 is 6.09 Å². The van der Waals surface area contributed by atoms with Gasteiger partial charge in [-0.2, -0.15) is 0 Å². The van der Waals surface area contributed by atoms with Crippen molar-refractivity contribution in [3.05, 3.63) is 102 Å². The fourth-order valence-corrected chi connectivity index (χ4v) is 7.65. The zero-order valence-electron chi connectivity index (χ0n) is 25.6. The lowest BCUT2D eigenvalue weighted by molar-refractivity contribution is -0.143. The average Bonchev–Trinajstić information content (AvgIpc) is 3.06. The summed E-state index contributed by atoms with van der Waals surface area (Å²) in [7, 11) is 3.69. The van der Waals surface area contributed by atoms with Crippen LogP contribution in [0.1, 0.15) is 48.8 Å². The van der Waals surface area contributed by atoms with Crippen LogP contribution in [0.3, 0.4) is 0 Å². The van der Waals surface area contributed by atoms with E-state index in [2.05, 4.69) is 0 Å². The first-order valence-electron chi connectivity index (χ1n) is 15.6. The van der Waals surface area contributed by atoms with E-state index < -0.39 is 24.1 Å². The van der Waals surface area contributed by atoms with Crippen molar-refractivity contribution >= 4 is 39.5 Å². The Morgan fingerprint density at radius 2 is 1.40 bits per heavy atom. The molecule has 1 aliphatic rings. The minimum absolute atomic E-state index is 0.0738. The number of carbonyl (C=O) groups excluding carboxylic acids is 3. The highest BCUT2D eigenvalue weighted by Crippen LogP contribution is 2.26. The number of nitrogens with two attached hydrogens (primary N) is 1. The third-order valence-electron chi connectivity index (χ3n) is 7.81. The van der Waals surface area contributed by atoms with Gasteiger partial charge < -0.3 is 20.5 Å². The molecular formula is C35H43N3O5S2. The van der Waals surface area contributed by atoms with E-state index in [1.807, 2.05) is 82.3 Å². The SMILES string of the molecule is NC(=O)C(Cc1ccccc1)N1CCCCCSSCCCCN(C(=O)OCc2ccccc2)C(Cc2ccc(O)cc2)C1=O. The first kappa shape index (κ1) is 34.2. The van der Waals surface area contributed by atoms with Crippen molar-refractivity contribution in [1.82, 2.24) is 9.80 Å². The number of phenols is 1. The second-order valence-corrected chi connectivity index (χ2v) is 13.9. The molecule has 0 saturated carbocycles. The summed E-state index contributed by atoms with van der Waals surface area (Å²) in [4.78, 5) is 44.8. The van der Waals surface area contributed by atoms with Crippen LogP contribution in [0, 0.1) is 0 Å². The second-order valence-electron chi connectivity index (χ2n) is 11.2. The van der Waals surface area contributed by atoms with Crippen LogP contribution in [0.15, 0.2) is 84.9 Å². The van der Waals surface area contributed by atoms with Crippen molar-refractivity contribution in [2.45, 2.75) is 63.6 Å². The van der Waals surface area contributed by atoms with Gasteiger partial charge in [-0.3, -0.25) is 14.5 Å². The van der Waals surface area contributed by atoms with Crippen LogP contribution >= 0.6 is 21.6 Å². The van der Waals surface area contributed by atoms with E-state index in [4.69, 9.17) is 10.5 Å². The minimum atomic E-state index is -0.942. The maximum absolute atomic E-state index is 14.8. The van der Waals surface area contributed by atoms with Crippen molar-refractivity contribution < 1.29 is 24.2 Å². The summed E-state index contributed by atoms with van der Waals surface area (Å²) in [6.45, 7) is 0.738. The number of primary amides is 1. The topological polar surface area (TPSA) is 113 Å². The summed E-state index contributed by atoms with van der Waals surface area (Å²) < 4.78 is 5.81. The molecule has 1 aliphatic heterocycles. The third kappa shape index (κ3) is 11.0. The van der Waals surface area contributed by atoms with Gasteiger partial charge in [0, 0.05) is 37.4 Å². The van der Waals surface area contributed by atoms with Crippen LogP contribution < -0.4 is 5.73 Å². The summed E-state index contributed by atoms with van der Waals surface area (Å²) in [5.74, 6) is 1.15. The summed E-state index contributed by atoms with van der Waals surface area (Å²) in [5.41, 5.74) is 8.52. The molecule has 3 amide bonds. The highest BCUT2D eigenvalue weighted by Gasteiger charge is 2.38. The monoisotopic (exact) mass is 649 g/mol. The molecule has 1 saturated heterocycles. The van der Waals surface area contributed by atoms with E-state index in [0.717, 1.165) is 47.5 Å². The number of ether oxygens (including phenoxy) is 1. The van der Waals surface area contributed by atoms with E-state index >= 15 is 0 Å². The number of nitrogens with zero attached hydrogens (tertiary/aromatic N) is 2. The lowest BCUT2D eigenvalue weighted by Crippen LogP contribution is -2.58. The maximum atomic E-state index is 14.8. The number of rotatable bonds is 8. The Balaban J connectivity index is 1.71. The number of benzene rings is 3. The van der Waals surface area contributed by atoms with Gasteiger partial charge in [0.05, 0.1) is 0 Å². The number of aromatic hydroxyl groups is 1. The molecule has 0 aromatic heterocycles. The van der Waals surface area contributed by atoms with Crippen LogP contribution in [-0.2, 0) is 33.8 Å². The fraction of sp³-hybridized carbons (Fsp3) is 0.400. The molecule has 240 valence electrons. The van der Waals surface area contributed by atoms with Crippen molar-refractivity contribution in [2.75, 3.05) is 24.6 Å². The Morgan fingerprint density at radius 1 is 0.800 bits per heavy atom. The largest absolute Gasteiger partial charge is 0.508 e. The molecule has 0 radical (unpaired) electrons. The van der Waals surface area contributed by atoms with E-state index in [1.165, 1.54) is 4.90 Å². The molecule has 2 unspecified atom stereocenters. The van der Waals surface area contributed by atoms with Crippen LogP contribution in [0.25, 0.3) is 0 Å². The van der Waals surface area contributed by atoms with Gasteiger partial charge in [-0.15, -0.1) is 0 Å². The molecular weight excluding hydrogens is 607 g/mol. The molecule has 2 atom stereocenters.